The zero-order valence-corrected chi connectivity index (χ0v) is 9.45. The van der Waals surface area contributed by atoms with Gasteiger partial charge in [0.05, 0.1) is 12.1 Å². The Morgan fingerprint density at radius 3 is 3.00 bits per heavy atom. The van der Waals surface area contributed by atoms with Crippen LogP contribution in [0.25, 0.3) is 0 Å². The molecule has 0 aromatic heterocycles. The van der Waals surface area contributed by atoms with E-state index in [2.05, 4.69) is 11.8 Å². The van der Waals surface area contributed by atoms with Crippen molar-refractivity contribution < 1.29 is 9.53 Å². The lowest BCUT2D eigenvalue weighted by atomic mass is 10.1. The highest BCUT2D eigenvalue weighted by Crippen LogP contribution is 2.10. The predicted molar refractivity (Wildman–Crippen MR) is 56.4 cm³/mol. The van der Waals surface area contributed by atoms with Crippen LogP contribution in [0.3, 0.4) is 0 Å². The molecular weight excluding hydrogens is 178 g/mol. The minimum Gasteiger partial charge on any atom is -0.377 e. The van der Waals surface area contributed by atoms with Gasteiger partial charge < -0.3 is 4.74 Å². The van der Waals surface area contributed by atoms with E-state index >= 15 is 0 Å². The number of hydrogen-bond acceptors (Lipinski definition) is 3. The minimum absolute atomic E-state index is 0.0594. The van der Waals surface area contributed by atoms with Crippen LogP contribution in [0.1, 0.15) is 33.6 Å². The summed E-state index contributed by atoms with van der Waals surface area (Å²) in [6.45, 7) is 8.69. The molecule has 0 radical (unpaired) electrons. The number of Topliss-reactive ketones (excluding diaryl/α,β-unsaturated/α-hetero) is 1. The monoisotopic (exact) mass is 199 g/mol. The van der Waals surface area contributed by atoms with Gasteiger partial charge in [-0.3, -0.25) is 9.69 Å². The topological polar surface area (TPSA) is 29.5 Å². The van der Waals surface area contributed by atoms with Crippen LogP contribution < -0.4 is 0 Å². The minimum atomic E-state index is 0.0594. The van der Waals surface area contributed by atoms with Gasteiger partial charge in [0.25, 0.3) is 0 Å². The van der Waals surface area contributed by atoms with Gasteiger partial charge in [0.2, 0.25) is 0 Å². The fourth-order valence-corrected chi connectivity index (χ4v) is 1.88. The van der Waals surface area contributed by atoms with Crippen LogP contribution in [0.15, 0.2) is 0 Å². The maximum atomic E-state index is 11.5. The Bertz CT molecular complexity index is 194. The summed E-state index contributed by atoms with van der Waals surface area (Å²) in [4.78, 5) is 13.8. The summed E-state index contributed by atoms with van der Waals surface area (Å²) >= 11 is 0. The van der Waals surface area contributed by atoms with Gasteiger partial charge in [-0.2, -0.15) is 0 Å². The van der Waals surface area contributed by atoms with Crippen LogP contribution in [-0.2, 0) is 9.53 Å². The maximum Gasteiger partial charge on any atom is 0.149 e. The van der Waals surface area contributed by atoms with Gasteiger partial charge in [-0.15, -0.1) is 0 Å². The second-order valence-electron chi connectivity index (χ2n) is 4.03. The first-order valence-electron chi connectivity index (χ1n) is 5.53. The van der Waals surface area contributed by atoms with Gasteiger partial charge in [-0.25, -0.2) is 0 Å². The van der Waals surface area contributed by atoms with Crippen LogP contribution in [0.2, 0.25) is 0 Å². The van der Waals surface area contributed by atoms with Gasteiger partial charge in [0.15, 0.2) is 0 Å². The molecule has 0 aromatic carbocycles. The Kier molecular flexibility index (Phi) is 4.55. The number of ether oxygens (including phenoxy) is 1. The summed E-state index contributed by atoms with van der Waals surface area (Å²) in [6.07, 6.45) is 1.92. The molecule has 14 heavy (non-hydrogen) atoms. The predicted octanol–water partition coefficient (Wildman–Crippen LogP) is 1.46. The molecule has 1 aliphatic heterocycles. The highest BCUT2D eigenvalue weighted by molar-refractivity contribution is 5.83. The lowest BCUT2D eigenvalue weighted by molar-refractivity contribution is -0.123. The molecule has 0 N–H and O–H groups in total. The molecule has 3 heteroatoms. The van der Waals surface area contributed by atoms with E-state index in [0.29, 0.717) is 12.2 Å². The van der Waals surface area contributed by atoms with Gasteiger partial charge in [0, 0.05) is 26.1 Å². The zero-order chi connectivity index (χ0) is 10.6. The van der Waals surface area contributed by atoms with Crippen LogP contribution in [-0.4, -0.2) is 42.5 Å². The van der Waals surface area contributed by atoms with E-state index in [4.69, 9.17) is 4.74 Å². The Labute approximate surface area is 86.4 Å². The maximum absolute atomic E-state index is 11.5. The van der Waals surface area contributed by atoms with Crippen LogP contribution in [0.4, 0.5) is 0 Å². The number of carbonyl (C=O) groups is 1. The molecule has 1 aliphatic rings. The number of ketones is 1. The van der Waals surface area contributed by atoms with Gasteiger partial charge >= 0.3 is 0 Å². The van der Waals surface area contributed by atoms with Crippen LogP contribution in [0.5, 0.6) is 0 Å². The lowest BCUT2D eigenvalue weighted by Gasteiger charge is -2.27. The average Bonchev–Trinajstić information content (AvgIpc) is 2.40. The Morgan fingerprint density at radius 1 is 1.64 bits per heavy atom. The van der Waals surface area contributed by atoms with Crippen molar-refractivity contribution in [2.24, 2.45) is 0 Å². The van der Waals surface area contributed by atoms with Gasteiger partial charge in [0.1, 0.15) is 5.78 Å². The number of carbonyl (C=O) groups excluding carboxylic acids is 1. The fourth-order valence-electron chi connectivity index (χ4n) is 1.88. The Balaban J connectivity index is 2.52. The van der Waals surface area contributed by atoms with Crippen LogP contribution in [0, 0.1) is 0 Å². The van der Waals surface area contributed by atoms with E-state index in [1.807, 2.05) is 13.8 Å². The van der Waals surface area contributed by atoms with Crippen molar-refractivity contribution in [3.05, 3.63) is 0 Å². The molecule has 1 saturated heterocycles. The van der Waals surface area contributed by atoms with E-state index < -0.39 is 0 Å². The summed E-state index contributed by atoms with van der Waals surface area (Å²) in [6, 6.07) is 0.0594. The summed E-state index contributed by atoms with van der Waals surface area (Å²) in [5, 5.41) is 0. The Hall–Kier alpha value is -0.410. The van der Waals surface area contributed by atoms with Crippen molar-refractivity contribution in [3.63, 3.8) is 0 Å². The van der Waals surface area contributed by atoms with E-state index in [-0.39, 0.29) is 12.1 Å². The van der Waals surface area contributed by atoms with Crippen molar-refractivity contribution in [2.75, 3.05) is 19.7 Å². The first-order chi connectivity index (χ1) is 6.65. The number of rotatable bonds is 3. The van der Waals surface area contributed by atoms with Crippen molar-refractivity contribution >= 4 is 5.78 Å². The number of hydrogen-bond donors (Lipinski definition) is 0. The molecule has 0 saturated carbocycles. The molecule has 2 unspecified atom stereocenters. The van der Waals surface area contributed by atoms with E-state index in [0.717, 1.165) is 26.1 Å². The molecule has 1 rings (SSSR count). The van der Waals surface area contributed by atoms with Crippen molar-refractivity contribution in [3.8, 4) is 0 Å². The van der Waals surface area contributed by atoms with Crippen molar-refractivity contribution in [1.29, 1.82) is 0 Å². The highest BCUT2D eigenvalue weighted by atomic mass is 16.5. The third-order valence-corrected chi connectivity index (χ3v) is 2.85. The molecule has 0 amide bonds. The molecular formula is C11H21NO2. The smallest absolute Gasteiger partial charge is 0.149 e. The summed E-state index contributed by atoms with van der Waals surface area (Å²) in [7, 11) is 0. The molecule has 1 fully saturated rings. The molecule has 0 bridgehead atoms. The molecule has 82 valence electrons. The third-order valence-electron chi connectivity index (χ3n) is 2.85. The largest absolute Gasteiger partial charge is 0.377 e. The molecule has 0 aliphatic carbocycles. The lowest BCUT2D eigenvalue weighted by Crippen LogP contribution is -2.42. The molecule has 0 spiro atoms. The van der Waals surface area contributed by atoms with Crippen molar-refractivity contribution in [2.45, 2.75) is 45.8 Å². The quantitative estimate of drug-likeness (QED) is 0.689. The highest BCUT2D eigenvalue weighted by Gasteiger charge is 2.23. The summed E-state index contributed by atoms with van der Waals surface area (Å²) < 4.78 is 5.54. The number of nitrogens with zero attached hydrogens (tertiary/aromatic N) is 1. The second-order valence-corrected chi connectivity index (χ2v) is 4.03. The first-order valence-corrected chi connectivity index (χ1v) is 5.53. The first kappa shape index (κ1) is 11.7. The average molecular weight is 199 g/mol. The van der Waals surface area contributed by atoms with Crippen molar-refractivity contribution in [1.82, 2.24) is 4.90 Å². The van der Waals surface area contributed by atoms with E-state index in [1.54, 1.807) is 0 Å². The fraction of sp³-hybridized carbons (Fsp3) is 0.909. The summed E-state index contributed by atoms with van der Waals surface area (Å²) in [5.41, 5.74) is 0. The molecule has 3 nitrogen and oxygen atoms in total. The SMILES string of the molecule is CCC(=O)C(C)N1CCCOC(C)C1. The Morgan fingerprint density at radius 2 is 2.36 bits per heavy atom. The van der Waals surface area contributed by atoms with E-state index in [9.17, 15) is 4.79 Å². The summed E-state index contributed by atoms with van der Waals surface area (Å²) in [5.74, 6) is 0.333. The molecule has 0 aromatic rings. The van der Waals surface area contributed by atoms with Crippen LogP contribution >= 0.6 is 0 Å². The third kappa shape index (κ3) is 3.07. The molecule has 2 atom stereocenters. The van der Waals surface area contributed by atoms with Gasteiger partial charge in [-0.1, -0.05) is 6.92 Å². The second kappa shape index (κ2) is 5.47. The van der Waals surface area contributed by atoms with Gasteiger partial charge in [-0.05, 0) is 20.3 Å². The molecule has 1 heterocycles. The zero-order valence-electron chi connectivity index (χ0n) is 9.45. The normalized spacial score (nSPS) is 26.9. The standard InChI is InChI=1S/C11H21NO2/c1-4-11(13)10(3)12-6-5-7-14-9(2)8-12/h9-10H,4-8H2,1-3H3. The van der Waals surface area contributed by atoms with E-state index in [1.165, 1.54) is 0 Å².